The van der Waals surface area contributed by atoms with Crippen molar-refractivity contribution in [3.05, 3.63) is 0 Å². The molecule has 0 saturated carbocycles. The normalized spacial score (nSPS) is 15.2. The van der Waals surface area contributed by atoms with Gasteiger partial charge in [0.2, 0.25) is 5.96 Å². The van der Waals surface area contributed by atoms with Gasteiger partial charge in [-0.05, 0) is 12.3 Å². The third-order valence-corrected chi connectivity index (χ3v) is 1.64. The summed E-state index contributed by atoms with van der Waals surface area (Å²) in [6, 6.07) is 0.269. The minimum atomic E-state index is 0.269. The van der Waals surface area contributed by atoms with E-state index in [0.29, 0.717) is 11.9 Å². The first-order valence-electron chi connectivity index (χ1n) is 3.91. The quantitative estimate of drug-likeness (QED) is 0.238. The van der Waals surface area contributed by atoms with Crippen LogP contribution in [0.25, 0.3) is 0 Å². The van der Waals surface area contributed by atoms with Crippen LogP contribution in [0, 0.1) is 5.92 Å². The lowest BCUT2D eigenvalue weighted by molar-refractivity contribution is 0.481. The molecule has 11 heavy (non-hydrogen) atoms. The molecule has 0 aromatic heterocycles. The molecule has 1 atom stereocenters. The summed E-state index contributed by atoms with van der Waals surface area (Å²) in [5.74, 6) is 5.89. The standard InChI is InChI=1S/C7H18N4/c1-4-6(5(2)3)10-7(8)11-9/h5-6H,4,9H2,1-3H3,(H3,8,10,11). The summed E-state index contributed by atoms with van der Waals surface area (Å²) >= 11 is 0. The lowest BCUT2D eigenvalue weighted by Gasteiger charge is -2.14. The molecular formula is C7H18N4. The monoisotopic (exact) mass is 158 g/mol. The summed E-state index contributed by atoms with van der Waals surface area (Å²) in [6.45, 7) is 6.31. The molecule has 0 radical (unpaired) electrons. The van der Waals surface area contributed by atoms with Gasteiger partial charge in [0.05, 0.1) is 6.04 Å². The highest BCUT2D eigenvalue weighted by molar-refractivity contribution is 5.77. The second-order valence-electron chi connectivity index (χ2n) is 2.88. The third-order valence-electron chi connectivity index (χ3n) is 1.64. The van der Waals surface area contributed by atoms with Crippen molar-refractivity contribution in [1.82, 2.24) is 5.43 Å². The van der Waals surface area contributed by atoms with Gasteiger partial charge in [-0.25, -0.2) is 10.8 Å². The van der Waals surface area contributed by atoms with Crippen molar-refractivity contribution in [2.24, 2.45) is 22.5 Å². The fraction of sp³-hybridized carbons (Fsp3) is 0.857. The summed E-state index contributed by atoms with van der Waals surface area (Å²) < 4.78 is 0. The second-order valence-corrected chi connectivity index (χ2v) is 2.88. The van der Waals surface area contributed by atoms with E-state index in [9.17, 15) is 0 Å². The van der Waals surface area contributed by atoms with Crippen LogP contribution in [-0.2, 0) is 0 Å². The lowest BCUT2D eigenvalue weighted by Crippen LogP contribution is -2.38. The van der Waals surface area contributed by atoms with E-state index in [-0.39, 0.29) is 6.04 Å². The smallest absolute Gasteiger partial charge is 0.203 e. The molecule has 0 heterocycles. The Morgan fingerprint density at radius 3 is 2.36 bits per heavy atom. The van der Waals surface area contributed by atoms with Crippen molar-refractivity contribution in [2.75, 3.05) is 0 Å². The van der Waals surface area contributed by atoms with Crippen molar-refractivity contribution in [1.29, 1.82) is 0 Å². The summed E-state index contributed by atoms with van der Waals surface area (Å²) in [6.07, 6.45) is 0.986. The van der Waals surface area contributed by atoms with Crippen LogP contribution in [0.3, 0.4) is 0 Å². The zero-order chi connectivity index (χ0) is 8.85. The Labute approximate surface area is 68.0 Å². The van der Waals surface area contributed by atoms with Crippen molar-refractivity contribution in [3.63, 3.8) is 0 Å². The molecule has 4 nitrogen and oxygen atoms in total. The summed E-state index contributed by atoms with van der Waals surface area (Å²) in [4.78, 5) is 4.17. The van der Waals surface area contributed by atoms with Gasteiger partial charge < -0.3 is 5.73 Å². The Kier molecular flexibility index (Phi) is 4.61. The first-order valence-corrected chi connectivity index (χ1v) is 3.91. The molecule has 0 bridgehead atoms. The number of aliphatic imine (C=N–C) groups is 1. The van der Waals surface area contributed by atoms with Gasteiger partial charge in [0.25, 0.3) is 0 Å². The Hall–Kier alpha value is -0.770. The first-order chi connectivity index (χ1) is 5.11. The molecule has 5 N–H and O–H groups in total. The zero-order valence-electron chi connectivity index (χ0n) is 7.46. The van der Waals surface area contributed by atoms with Crippen LogP contribution in [0.15, 0.2) is 4.99 Å². The van der Waals surface area contributed by atoms with E-state index in [4.69, 9.17) is 11.6 Å². The van der Waals surface area contributed by atoms with Crippen LogP contribution in [0.4, 0.5) is 0 Å². The van der Waals surface area contributed by atoms with Gasteiger partial charge in [-0.3, -0.25) is 5.43 Å². The van der Waals surface area contributed by atoms with Crippen molar-refractivity contribution < 1.29 is 0 Å². The molecule has 0 aliphatic rings. The Morgan fingerprint density at radius 2 is 2.09 bits per heavy atom. The number of hydrogen-bond acceptors (Lipinski definition) is 2. The molecule has 0 rings (SSSR count). The van der Waals surface area contributed by atoms with Gasteiger partial charge in [0.1, 0.15) is 0 Å². The average molecular weight is 158 g/mol. The SMILES string of the molecule is CCC(N=C(N)NN)C(C)C. The van der Waals surface area contributed by atoms with Gasteiger partial charge in [0.15, 0.2) is 0 Å². The predicted octanol–water partition coefficient (Wildman–Crippen LogP) is 0.199. The van der Waals surface area contributed by atoms with Gasteiger partial charge in [0, 0.05) is 0 Å². The molecule has 66 valence electrons. The van der Waals surface area contributed by atoms with Crippen LogP contribution < -0.4 is 17.0 Å². The highest BCUT2D eigenvalue weighted by atomic mass is 15.3. The van der Waals surface area contributed by atoms with E-state index in [2.05, 4.69) is 31.2 Å². The predicted molar refractivity (Wildman–Crippen MR) is 47.9 cm³/mol. The number of rotatable bonds is 3. The van der Waals surface area contributed by atoms with Crippen LogP contribution in [-0.4, -0.2) is 12.0 Å². The van der Waals surface area contributed by atoms with Gasteiger partial charge in [-0.2, -0.15) is 0 Å². The molecule has 0 aromatic rings. The Morgan fingerprint density at radius 1 is 1.55 bits per heavy atom. The van der Waals surface area contributed by atoms with Crippen molar-refractivity contribution in [3.8, 4) is 0 Å². The van der Waals surface area contributed by atoms with E-state index in [1.54, 1.807) is 0 Å². The summed E-state index contributed by atoms with van der Waals surface area (Å²) in [5, 5.41) is 0. The number of nitrogens with two attached hydrogens (primary N) is 2. The largest absolute Gasteiger partial charge is 0.369 e. The van der Waals surface area contributed by atoms with Crippen LogP contribution >= 0.6 is 0 Å². The average Bonchev–Trinajstić information content (AvgIpc) is 1.99. The molecular weight excluding hydrogens is 140 g/mol. The van der Waals surface area contributed by atoms with Gasteiger partial charge in [-0.1, -0.05) is 20.8 Å². The van der Waals surface area contributed by atoms with E-state index < -0.39 is 0 Å². The van der Waals surface area contributed by atoms with Crippen LogP contribution in [0.1, 0.15) is 27.2 Å². The van der Waals surface area contributed by atoms with Gasteiger partial charge >= 0.3 is 0 Å². The zero-order valence-corrected chi connectivity index (χ0v) is 7.46. The molecule has 0 saturated heterocycles. The topological polar surface area (TPSA) is 76.4 Å². The molecule has 0 aromatic carbocycles. The van der Waals surface area contributed by atoms with E-state index >= 15 is 0 Å². The maximum absolute atomic E-state index is 5.40. The van der Waals surface area contributed by atoms with Crippen LogP contribution in [0.5, 0.6) is 0 Å². The highest BCUT2D eigenvalue weighted by Crippen LogP contribution is 2.09. The molecule has 4 heteroatoms. The second kappa shape index (κ2) is 4.96. The van der Waals surface area contributed by atoms with E-state index in [1.807, 2.05) is 0 Å². The number of nitrogens with one attached hydrogen (secondary N) is 1. The van der Waals surface area contributed by atoms with Crippen molar-refractivity contribution in [2.45, 2.75) is 33.2 Å². The van der Waals surface area contributed by atoms with Crippen LogP contribution in [0.2, 0.25) is 0 Å². The fourth-order valence-corrected chi connectivity index (χ4v) is 0.928. The molecule has 0 spiro atoms. The van der Waals surface area contributed by atoms with E-state index in [0.717, 1.165) is 6.42 Å². The number of guanidine groups is 1. The van der Waals surface area contributed by atoms with E-state index in [1.165, 1.54) is 0 Å². The minimum Gasteiger partial charge on any atom is -0.369 e. The first kappa shape index (κ1) is 10.2. The summed E-state index contributed by atoms with van der Waals surface area (Å²) in [7, 11) is 0. The number of nitrogens with zero attached hydrogens (tertiary/aromatic N) is 1. The Balaban J connectivity index is 4.06. The highest BCUT2D eigenvalue weighted by Gasteiger charge is 2.08. The molecule has 0 aliphatic heterocycles. The summed E-state index contributed by atoms with van der Waals surface area (Å²) in [5.41, 5.74) is 7.71. The maximum atomic E-state index is 5.40. The third kappa shape index (κ3) is 3.83. The minimum absolute atomic E-state index is 0.269. The van der Waals surface area contributed by atoms with Gasteiger partial charge in [-0.15, -0.1) is 0 Å². The fourth-order valence-electron chi connectivity index (χ4n) is 0.928. The molecule has 0 fully saturated rings. The molecule has 0 amide bonds. The lowest BCUT2D eigenvalue weighted by atomic mass is 10.0. The maximum Gasteiger partial charge on any atom is 0.203 e. The molecule has 1 unspecified atom stereocenters. The molecule has 0 aliphatic carbocycles. The van der Waals surface area contributed by atoms with Crippen molar-refractivity contribution >= 4 is 5.96 Å². The Bertz CT molecular complexity index is 130. The number of hydrazine groups is 1. The number of hydrogen-bond donors (Lipinski definition) is 3.